The summed E-state index contributed by atoms with van der Waals surface area (Å²) in [7, 11) is 0. The zero-order valence-electron chi connectivity index (χ0n) is 13.6. The third-order valence-corrected chi connectivity index (χ3v) is 4.02. The summed E-state index contributed by atoms with van der Waals surface area (Å²) in [6, 6.07) is 2.06. The molecule has 1 spiro atoms. The number of carbonyl (C=O) groups excluding carboxylic acids is 1. The SMILES string of the molecule is Cc1cc(C2NCCOC23CN(C(=O)OC(C)(C)C)C3)co1. The van der Waals surface area contributed by atoms with Crippen molar-refractivity contribution < 1.29 is 18.7 Å². The lowest BCUT2D eigenvalue weighted by atomic mass is 9.81. The highest BCUT2D eigenvalue weighted by Gasteiger charge is 2.54. The molecule has 122 valence electrons. The smallest absolute Gasteiger partial charge is 0.410 e. The molecular formula is C16H24N2O4. The molecule has 3 rings (SSSR count). The first-order chi connectivity index (χ1) is 10.3. The highest BCUT2D eigenvalue weighted by molar-refractivity contribution is 5.70. The zero-order valence-corrected chi connectivity index (χ0v) is 13.6. The Labute approximate surface area is 130 Å². The third-order valence-electron chi connectivity index (χ3n) is 4.02. The van der Waals surface area contributed by atoms with E-state index in [4.69, 9.17) is 13.9 Å². The summed E-state index contributed by atoms with van der Waals surface area (Å²) in [6.45, 7) is 10.0. The maximum Gasteiger partial charge on any atom is 0.410 e. The van der Waals surface area contributed by atoms with Crippen LogP contribution in [0, 0.1) is 6.92 Å². The van der Waals surface area contributed by atoms with Crippen molar-refractivity contribution in [3.63, 3.8) is 0 Å². The van der Waals surface area contributed by atoms with Crippen LogP contribution in [0.15, 0.2) is 16.7 Å². The number of nitrogens with zero attached hydrogens (tertiary/aromatic N) is 1. The number of carbonyl (C=O) groups is 1. The van der Waals surface area contributed by atoms with Crippen LogP contribution in [0.3, 0.4) is 0 Å². The molecule has 1 atom stereocenters. The Bertz CT molecular complexity index is 555. The standard InChI is InChI=1S/C16H24N2O4/c1-11-7-12(8-20-11)13-16(21-6-5-17-13)9-18(10-16)14(19)22-15(2,3)4/h7-8,13,17H,5-6,9-10H2,1-4H3. The number of aryl methyl sites for hydroxylation is 1. The van der Waals surface area contributed by atoms with Gasteiger partial charge in [0.1, 0.15) is 17.0 Å². The van der Waals surface area contributed by atoms with Crippen LogP contribution in [-0.4, -0.2) is 48.4 Å². The Morgan fingerprint density at radius 3 is 2.77 bits per heavy atom. The molecule has 1 aromatic rings. The number of morpholine rings is 1. The van der Waals surface area contributed by atoms with Gasteiger partial charge in [0.15, 0.2) is 0 Å². The minimum Gasteiger partial charge on any atom is -0.469 e. The molecule has 3 heterocycles. The van der Waals surface area contributed by atoms with E-state index >= 15 is 0 Å². The summed E-state index contributed by atoms with van der Waals surface area (Å²) < 4.78 is 16.9. The van der Waals surface area contributed by atoms with Crippen molar-refractivity contribution in [2.45, 2.75) is 44.9 Å². The Morgan fingerprint density at radius 2 is 2.18 bits per heavy atom. The van der Waals surface area contributed by atoms with E-state index in [9.17, 15) is 4.79 Å². The van der Waals surface area contributed by atoms with E-state index in [-0.39, 0.29) is 17.7 Å². The van der Waals surface area contributed by atoms with Crippen LogP contribution in [0.1, 0.15) is 38.1 Å². The highest BCUT2D eigenvalue weighted by atomic mass is 16.6. The van der Waals surface area contributed by atoms with E-state index in [0.717, 1.165) is 17.9 Å². The second-order valence-electron chi connectivity index (χ2n) is 7.13. The molecular weight excluding hydrogens is 284 g/mol. The Balaban J connectivity index is 1.69. The lowest BCUT2D eigenvalue weighted by molar-refractivity contribution is -0.176. The highest BCUT2D eigenvalue weighted by Crippen LogP contribution is 2.40. The van der Waals surface area contributed by atoms with Gasteiger partial charge in [0.2, 0.25) is 0 Å². The monoisotopic (exact) mass is 308 g/mol. The molecule has 1 amide bonds. The van der Waals surface area contributed by atoms with Crippen LogP contribution in [0.5, 0.6) is 0 Å². The lowest BCUT2D eigenvalue weighted by Crippen LogP contribution is -2.71. The Morgan fingerprint density at radius 1 is 1.45 bits per heavy atom. The van der Waals surface area contributed by atoms with E-state index in [0.29, 0.717) is 19.7 Å². The minimum absolute atomic E-state index is 0.0392. The number of rotatable bonds is 1. The molecule has 1 N–H and O–H groups in total. The first kappa shape index (κ1) is 15.4. The molecule has 1 aromatic heterocycles. The van der Waals surface area contributed by atoms with E-state index in [1.54, 1.807) is 11.2 Å². The van der Waals surface area contributed by atoms with Crippen LogP contribution >= 0.6 is 0 Å². The minimum atomic E-state index is -0.480. The maximum atomic E-state index is 12.1. The largest absolute Gasteiger partial charge is 0.469 e. The van der Waals surface area contributed by atoms with Crippen molar-refractivity contribution in [3.8, 4) is 0 Å². The third kappa shape index (κ3) is 2.85. The molecule has 6 heteroatoms. The van der Waals surface area contributed by atoms with Gasteiger partial charge in [-0.25, -0.2) is 4.79 Å². The first-order valence-electron chi connectivity index (χ1n) is 7.69. The fraction of sp³-hybridized carbons (Fsp3) is 0.688. The second kappa shape index (κ2) is 5.28. The molecule has 2 aliphatic rings. The quantitative estimate of drug-likeness (QED) is 0.862. The predicted octanol–water partition coefficient (Wildman–Crippen LogP) is 2.24. The number of hydrogen-bond donors (Lipinski definition) is 1. The summed E-state index contributed by atoms with van der Waals surface area (Å²) in [5, 5.41) is 3.49. The maximum absolute atomic E-state index is 12.1. The normalized spacial score (nSPS) is 24.2. The number of likely N-dealkylation sites (tertiary alicyclic amines) is 1. The topological polar surface area (TPSA) is 63.9 Å². The molecule has 0 aromatic carbocycles. The van der Waals surface area contributed by atoms with Gasteiger partial charge in [0.05, 0.1) is 32.0 Å². The van der Waals surface area contributed by atoms with Crippen molar-refractivity contribution in [2.75, 3.05) is 26.2 Å². The predicted molar refractivity (Wildman–Crippen MR) is 80.7 cm³/mol. The zero-order chi connectivity index (χ0) is 16.0. The summed E-state index contributed by atoms with van der Waals surface area (Å²) in [6.07, 6.45) is 1.48. The molecule has 2 fully saturated rings. The Hall–Kier alpha value is -1.53. The van der Waals surface area contributed by atoms with Crippen molar-refractivity contribution >= 4 is 6.09 Å². The number of ether oxygens (including phenoxy) is 2. The molecule has 0 radical (unpaired) electrons. The molecule has 6 nitrogen and oxygen atoms in total. The molecule has 22 heavy (non-hydrogen) atoms. The molecule has 2 saturated heterocycles. The molecule has 2 aliphatic heterocycles. The van der Waals surface area contributed by atoms with Crippen molar-refractivity contribution in [1.82, 2.24) is 10.2 Å². The summed E-state index contributed by atoms with van der Waals surface area (Å²) in [5.74, 6) is 0.876. The lowest BCUT2D eigenvalue weighted by Gasteiger charge is -2.55. The van der Waals surface area contributed by atoms with Gasteiger partial charge in [0.25, 0.3) is 0 Å². The van der Waals surface area contributed by atoms with Gasteiger partial charge >= 0.3 is 6.09 Å². The molecule has 0 bridgehead atoms. The summed E-state index contributed by atoms with van der Waals surface area (Å²) in [4.78, 5) is 13.8. The average molecular weight is 308 g/mol. The van der Waals surface area contributed by atoms with Gasteiger partial charge < -0.3 is 24.1 Å². The number of hydrogen-bond acceptors (Lipinski definition) is 5. The fourth-order valence-corrected chi connectivity index (χ4v) is 3.09. The van der Waals surface area contributed by atoms with Crippen molar-refractivity contribution in [2.24, 2.45) is 0 Å². The van der Waals surface area contributed by atoms with Crippen LogP contribution in [0.2, 0.25) is 0 Å². The second-order valence-corrected chi connectivity index (χ2v) is 7.13. The van der Waals surface area contributed by atoms with Gasteiger partial charge in [0, 0.05) is 12.1 Å². The Kier molecular flexibility index (Phi) is 3.69. The van der Waals surface area contributed by atoms with Crippen molar-refractivity contribution in [1.29, 1.82) is 0 Å². The van der Waals surface area contributed by atoms with Crippen molar-refractivity contribution in [3.05, 3.63) is 23.7 Å². The van der Waals surface area contributed by atoms with E-state index < -0.39 is 5.60 Å². The van der Waals surface area contributed by atoms with Crippen LogP contribution in [0.4, 0.5) is 4.79 Å². The van der Waals surface area contributed by atoms with Gasteiger partial charge in [-0.3, -0.25) is 0 Å². The van der Waals surface area contributed by atoms with Gasteiger partial charge in [-0.15, -0.1) is 0 Å². The molecule has 0 saturated carbocycles. The average Bonchev–Trinajstić information content (AvgIpc) is 2.80. The number of amides is 1. The van der Waals surface area contributed by atoms with E-state index in [2.05, 4.69) is 5.32 Å². The van der Waals surface area contributed by atoms with Crippen LogP contribution in [-0.2, 0) is 9.47 Å². The molecule has 1 unspecified atom stereocenters. The fourth-order valence-electron chi connectivity index (χ4n) is 3.09. The first-order valence-corrected chi connectivity index (χ1v) is 7.69. The van der Waals surface area contributed by atoms with Gasteiger partial charge in [-0.05, 0) is 33.8 Å². The molecule has 0 aliphatic carbocycles. The summed E-state index contributed by atoms with van der Waals surface area (Å²) >= 11 is 0. The van der Waals surface area contributed by atoms with Crippen LogP contribution < -0.4 is 5.32 Å². The number of nitrogens with one attached hydrogen (secondary N) is 1. The van der Waals surface area contributed by atoms with Gasteiger partial charge in [-0.1, -0.05) is 0 Å². The van der Waals surface area contributed by atoms with E-state index in [1.807, 2.05) is 33.8 Å². The summed E-state index contributed by atoms with van der Waals surface area (Å²) in [5.41, 5.74) is 0.207. The van der Waals surface area contributed by atoms with E-state index in [1.165, 1.54) is 0 Å². The number of furan rings is 1. The van der Waals surface area contributed by atoms with Crippen LogP contribution in [0.25, 0.3) is 0 Å². The van der Waals surface area contributed by atoms with Gasteiger partial charge in [-0.2, -0.15) is 0 Å².